The standard InChI is InChI=1S/C14H22F3N3/c1-4-8-18-11(3)12-7-6-9-19-13(12)20(5-2)10-14(15,16)17/h6-7,9,11,18H,4-5,8,10H2,1-3H3. The number of pyridine rings is 1. The zero-order valence-corrected chi connectivity index (χ0v) is 12.2. The first-order valence-electron chi connectivity index (χ1n) is 6.89. The van der Waals surface area contributed by atoms with Crippen molar-refractivity contribution in [1.82, 2.24) is 10.3 Å². The molecule has 114 valence electrons. The Balaban J connectivity index is 2.97. The molecule has 1 aromatic heterocycles. The highest BCUT2D eigenvalue weighted by Gasteiger charge is 2.31. The summed E-state index contributed by atoms with van der Waals surface area (Å²) in [6.45, 7) is 5.80. The van der Waals surface area contributed by atoms with Gasteiger partial charge in [0.25, 0.3) is 0 Å². The van der Waals surface area contributed by atoms with Crippen molar-refractivity contribution in [1.29, 1.82) is 0 Å². The van der Waals surface area contributed by atoms with Crippen molar-refractivity contribution in [2.45, 2.75) is 39.4 Å². The predicted octanol–water partition coefficient (Wildman–Crippen LogP) is 3.53. The Morgan fingerprint density at radius 1 is 1.35 bits per heavy atom. The van der Waals surface area contributed by atoms with Crippen LogP contribution in [0.1, 0.15) is 38.8 Å². The SMILES string of the molecule is CCCNC(C)c1cccnc1N(CC)CC(F)(F)F. The first kappa shape index (κ1) is 16.8. The van der Waals surface area contributed by atoms with E-state index in [4.69, 9.17) is 0 Å². The molecule has 6 heteroatoms. The lowest BCUT2D eigenvalue weighted by Gasteiger charge is -2.27. The Bertz CT molecular complexity index is 407. The van der Waals surface area contributed by atoms with Crippen LogP contribution >= 0.6 is 0 Å². The second-order valence-corrected chi connectivity index (χ2v) is 4.72. The van der Waals surface area contributed by atoms with Crippen molar-refractivity contribution in [2.24, 2.45) is 0 Å². The topological polar surface area (TPSA) is 28.2 Å². The van der Waals surface area contributed by atoms with Crippen LogP contribution in [0, 0.1) is 0 Å². The molecule has 3 nitrogen and oxygen atoms in total. The number of alkyl halides is 3. The van der Waals surface area contributed by atoms with Gasteiger partial charge in [-0.15, -0.1) is 0 Å². The summed E-state index contributed by atoms with van der Waals surface area (Å²) in [6.07, 6.45) is -1.73. The number of nitrogens with one attached hydrogen (secondary N) is 1. The van der Waals surface area contributed by atoms with Gasteiger partial charge in [-0.3, -0.25) is 0 Å². The van der Waals surface area contributed by atoms with E-state index in [9.17, 15) is 13.2 Å². The van der Waals surface area contributed by atoms with E-state index in [0.717, 1.165) is 18.5 Å². The van der Waals surface area contributed by atoms with Crippen LogP contribution in [-0.4, -0.2) is 30.8 Å². The van der Waals surface area contributed by atoms with Crippen LogP contribution in [-0.2, 0) is 0 Å². The van der Waals surface area contributed by atoms with E-state index >= 15 is 0 Å². The van der Waals surface area contributed by atoms with E-state index < -0.39 is 12.7 Å². The third-order valence-corrected chi connectivity index (χ3v) is 3.04. The highest BCUT2D eigenvalue weighted by Crippen LogP contribution is 2.26. The van der Waals surface area contributed by atoms with Gasteiger partial charge in [-0.1, -0.05) is 13.0 Å². The van der Waals surface area contributed by atoms with Crippen LogP contribution in [0.2, 0.25) is 0 Å². The number of rotatable bonds is 7. The fourth-order valence-corrected chi connectivity index (χ4v) is 2.04. The second kappa shape index (κ2) is 7.47. The van der Waals surface area contributed by atoms with Crippen molar-refractivity contribution in [3.05, 3.63) is 23.9 Å². The van der Waals surface area contributed by atoms with Gasteiger partial charge in [0.15, 0.2) is 0 Å². The number of hydrogen-bond donors (Lipinski definition) is 1. The number of hydrogen-bond acceptors (Lipinski definition) is 3. The summed E-state index contributed by atoms with van der Waals surface area (Å²) in [7, 11) is 0. The van der Waals surface area contributed by atoms with Gasteiger partial charge in [0.05, 0.1) is 0 Å². The predicted molar refractivity (Wildman–Crippen MR) is 74.9 cm³/mol. The van der Waals surface area contributed by atoms with Crippen LogP contribution < -0.4 is 10.2 Å². The molecule has 1 rings (SSSR count). The molecule has 0 aliphatic rings. The van der Waals surface area contributed by atoms with Crippen LogP contribution in [0.5, 0.6) is 0 Å². The lowest BCUT2D eigenvalue weighted by Crippen LogP contribution is -2.36. The molecule has 0 saturated heterocycles. The van der Waals surface area contributed by atoms with Crippen molar-refractivity contribution in [2.75, 3.05) is 24.5 Å². The first-order valence-corrected chi connectivity index (χ1v) is 6.89. The molecule has 1 heterocycles. The fraction of sp³-hybridized carbons (Fsp3) is 0.643. The van der Waals surface area contributed by atoms with Gasteiger partial charge >= 0.3 is 6.18 Å². The summed E-state index contributed by atoms with van der Waals surface area (Å²) >= 11 is 0. The summed E-state index contributed by atoms with van der Waals surface area (Å²) in [5.74, 6) is 0.406. The van der Waals surface area contributed by atoms with Gasteiger partial charge in [-0.25, -0.2) is 4.98 Å². The van der Waals surface area contributed by atoms with Gasteiger partial charge in [-0.05, 0) is 32.9 Å². The van der Waals surface area contributed by atoms with Gasteiger partial charge < -0.3 is 10.2 Å². The van der Waals surface area contributed by atoms with E-state index in [1.165, 1.54) is 11.1 Å². The summed E-state index contributed by atoms with van der Waals surface area (Å²) in [5.41, 5.74) is 0.798. The molecule has 1 atom stereocenters. The van der Waals surface area contributed by atoms with Gasteiger partial charge in [0.2, 0.25) is 0 Å². The van der Waals surface area contributed by atoms with Gasteiger partial charge in [0.1, 0.15) is 12.4 Å². The lowest BCUT2D eigenvalue weighted by molar-refractivity contribution is -0.119. The molecule has 0 saturated carbocycles. The Morgan fingerprint density at radius 2 is 2.05 bits per heavy atom. The van der Waals surface area contributed by atoms with Crippen molar-refractivity contribution in [3.63, 3.8) is 0 Å². The van der Waals surface area contributed by atoms with Gasteiger partial charge in [0, 0.05) is 24.3 Å². The minimum Gasteiger partial charge on any atom is -0.348 e. The molecule has 0 spiro atoms. The number of aromatic nitrogens is 1. The smallest absolute Gasteiger partial charge is 0.348 e. The lowest BCUT2D eigenvalue weighted by atomic mass is 10.1. The molecular formula is C14H22F3N3. The van der Waals surface area contributed by atoms with Crippen LogP contribution in [0.15, 0.2) is 18.3 Å². The number of halogens is 3. The van der Waals surface area contributed by atoms with Crippen LogP contribution in [0.4, 0.5) is 19.0 Å². The largest absolute Gasteiger partial charge is 0.405 e. The number of nitrogens with zero attached hydrogens (tertiary/aromatic N) is 2. The maximum Gasteiger partial charge on any atom is 0.405 e. The Hall–Kier alpha value is -1.30. The molecule has 20 heavy (non-hydrogen) atoms. The molecule has 0 aliphatic heterocycles. The zero-order valence-electron chi connectivity index (χ0n) is 12.2. The Labute approximate surface area is 118 Å². The summed E-state index contributed by atoms with van der Waals surface area (Å²) in [5, 5.41) is 3.28. The molecule has 0 bridgehead atoms. The molecule has 0 fully saturated rings. The molecular weight excluding hydrogens is 267 g/mol. The maximum atomic E-state index is 12.6. The maximum absolute atomic E-state index is 12.6. The molecule has 1 N–H and O–H groups in total. The summed E-state index contributed by atoms with van der Waals surface area (Å²) < 4.78 is 37.9. The highest BCUT2D eigenvalue weighted by atomic mass is 19.4. The highest BCUT2D eigenvalue weighted by molar-refractivity contribution is 5.48. The zero-order chi connectivity index (χ0) is 15.2. The third kappa shape index (κ3) is 5.00. The van der Waals surface area contributed by atoms with E-state index in [2.05, 4.69) is 10.3 Å². The molecule has 1 aromatic rings. The minimum absolute atomic E-state index is 0.0269. The molecule has 0 aliphatic carbocycles. The Morgan fingerprint density at radius 3 is 2.60 bits per heavy atom. The second-order valence-electron chi connectivity index (χ2n) is 4.72. The Kier molecular flexibility index (Phi) is 6.26. The molecule has 0 aromatic carbocycles. The van der Waals surface area contributed by atoms with E-state index in [1.807, 2.05) is 19.9 Å². The fourth-order valence-electron chi connectivity index (χ4n) is 2.04. The summed E-state index contributed by atoms with van der Waals surface area (Å²) in [4.78, 5) is 5.41. The monoisotopic (exact) mass is 289 g/mol. The average molecular weight is 289 g/mol. The number of anilines is 1. The quantitative estimate of drug-likeness (QED) is 0.832. The minimum atomic E-state index is -4.23. The average Bonchev–Trinajstić information content (AvgIpc) is 2.41. The third-order valence-electron chi connectivity index (χ3n) is 3.04. The van der Waals surface area contributed by atoms with Crippen molar-refractivity contribution < 1.29 is 13.2 Å². The first-order chi connectivity index (χ1) is 9.39. The summed E-state index contributed by atoms with van der Waals surface area (Å²) in [6, 6.07) is 3.56. The van der Waals surface area contributed by atoms with Crippen LogP contribution in [0.3, 0.4) is 0 Å². The molecule has 0 amide bonds. The van der Waals surface area contributed by atoms with Crippen molar-refractivity contribution >= 4 is 5.82 Å². The van der Waals surface area contributed by atoms with Crippen LogP contribution in [0.25, 0.3) is 0 Å². The normalized spacial score (nSPS) is 13.3. The molecule has 0 radical (unpaired) electrons. The van der Waals surface area contributed by atoms with Crippen molar-refractivity contribution in [3.8, 4) is 0 Å². The van der Waals surface area contributed by atoms with E-state index in [-0.39, 0.29) is 12.6 Å². The van der Waals surface area contributed by atoms with E-state index in [0.29, 0.717) is 5.82 Å². The van der Waals surface area contributed by atoms with E-state index in [1.54, 1.807) is 13.0 Å². The van der Waals surface area contributed by atoms with Gasteiger partial charge in [-0.2, -0.15) is 13.2 Å². The molecule has 1 unspecified atom stereocenters.